The summed E-state index contributed by atoms with van der Waals surface area (Å²) in [6.45, 7) is 5.02. The van der Waals surface area contributed by atoms with Crippen molar-refractivity contribution in [3.63, 3.8) is 0 Å². The predicted octanol–water partition coefficient (Wildman–Crippen LogP) is 1.89. The molecule has 0 bridgehead atoms. The number of carbonyl (C=O) groups is 4. The Morgan fingerprint density at radius 2 is 1.28 bits per heavy atom. The number of rotatable bonds is 4. The lowest BCUT2D eigenvalue weighted by Crippen LogP contribution is -2.17. The zero-order valence-corrected chi connectivity index (χ0v) is 10.7. The van der Waals surface area contributed by atoms with Gasteiger partial charge in [-0.15, -0.1) is 0 Å². The normalized spacial score (nSPS) is 10.0. The Hall–Kier alpha value is -2.17. The third-order valence-electron chi connectivity index (χ3n) is 2.50. The second-order valence-electron chi connectivity index (χ2n) is 4.00. The van der Waals surface area contributed by atoms with Crippen LogP contribution in [-0.2, 0) is 0 Å². The van der Waals surface area contributed by atoms with E-state index in [1.807, 2.05) is 0 Å². The molecule has 0 spiro atoms. The first-order valence-corrected chi connectivity index (χ1v) is 5.34. The maximum atomic E-state index is 11.6. The van der Waals surface area contributed by atoms with Gasteiger partial charge in [0.2, 0.25) is 0 Å². The summed E-state index contributed by atoms with van der Waals surface area (Å²) in [5, 5.41) is 0. The highest BCUT2D eigenvalue weighted by molar-refractivity contribution is 6.17. The van der Waals surface area contributed by atoms with E-state index in [2.05, 4.69) is 4.98 Å². The topological polar surface area (TPSA) is 81.2 Å². The number of nitrogens with zero attached hydrogens (tertiary/aromatic N) is 1. The predicted molar refractivity (Wildman–Crippen MR) is 64.3 cm³/mol. The van der Waals surface area contributed by atoms with E-state index >= 15 is 0 Å². The van der Waals surface area contributed by atoms with Gasteiger partial charge in [-0.2, -0.15) is 0 Å². The molecule has 0 amide bonds. The molecule has 0 saturated carbocycles. The molecular weight excluding hydrogens is 234 g/mol. The molecule has 0 unspecified atom stereocenters. The van der Waals surface area contributed by atoms with Crippen molar-refractivity contribution >= 4 is 23.1 Å². The Morgan fingerprint density at radius 1 is 0.778 bits per heavy atom. The van der Waals surface area contributed by atoms with Crippen molar-refractivity contribution in [1.29, 1.82) is 0 Å². The SMILES string of the molecule is CC(=O)c1cnc(C(C)=O)c(C(C)=O)c1C(C)=O. The van der Waals surface area contributed by atoms with Gasteiger partial charge in [-0.05, 0) is 20.8 Å². The fourth-order valence-electron chi connectivity index (χ4n) is 1.75. The molecule has 1 heterocycles. The van der Waals surface area contributed by atoms with Crippen LogP contribution in [0.5, 0.6) is 0 Å². The highest BCUT2D eigenvalue weighted by Crippen LogP contribution is 2.20. The van der Waals surface area contributed by atoms with Crippen LogP contribution in [0.4, 0.5) is 0 Å². The van der Waals surface area contributed by atoms with Crippen molar-refractivity contribution in [1.82, 2.24) is 4.98 Å². The summed E-state index contributed by atoms with van der Waals surface area (Å²) in [4.78, 5) is 49.9. The van der Waals surface area contributed by atoms with Gasteiger partial charge in [0.05, 0.1) is 5.56 Å². The van der Waals surface area contributed by atoms with Crippen LogP contribution in [0, 0.1) is 0 Å². The maximum Gasteiger partial charge on any atom is 0.178 e. The number of carbonyl (C=O) groups excluding carboxylic acids is 4. The number of aromatic nitrogens is 1. The van der Waals surface area contributed by atoms with Crippen molar-refractivity contribution < 1.29 is 19.2 Å². The molecule has 0 aromatic carbocycles. The van der Waals surface area contributed by atoms with Gasteiger partial charge in [-0.25, -0.2) is 0 Å². The molecule has 0 fully saturated rings. The molecule has 1 aromatic rings. The van der Waals surface area contributed by atoms with Crippen LogP contribution in [0.3, 0.4) is 0 Å². The van der Waals surface area contributed by atoms with Crippen LogP contribution in [0.25, 0.3) is 0 Å². The minimum absolute atomic E-state index is 0.0183. The molecule has 0 aliphatic rings. The Balaban J connectivity index is 3.82. The van der Waals surface area contributed by atoms with Crippen molar-refractivity contribution in [3.05, 3.63) is 28.6 Å². The van der Waals surface area contributed by atoms with Gasteiger partial charge in [0.25, 0.3) is 0 Å². The minimum atomic E-state index is -0.457. The quantitative estimate of drug-likeness (QED) is 0.759. The smallest absolute Gasteiger partial charge is 0.178 e. The van der Waals surface area contributed by atoms with E-state index in [-0.39, 0.29) is 28.2 Å². The number of hydrogen-bond acceptors (Lipinski definition) is 5. The fourth-order valence-corrected chi connectivity index (χ4v) is 1.75. The average Bonchev–Trinajstić information content (AvgIpc) is 2.26. The van der Waals surface area contributed by atoms with Gasteiger partial charge in [-0.3, -0.25) is 24.2 Å². The summed E-state index contributed by atoms with van der Waals surface area (Å²) in [5.74, 6) is -1.68. The highest BCUT2D eigenvalue weighted by atomic mass is 16.1. The summed E-state index contributed by atoms with van der Waals surface area (Å²) in [7, 11) is 0. The van der Waals surface area contributed by atoms with Gasteiger partial charge in [-0.1, -0.05) is 0 Å². The summed E-state index contributed by atoms with van der Waals surface area (Å²) in [6.07, 6.45) is 1.17. The Morgan fingerprint density at radius 3 is 1.61 bits per heavy atom. The van der Waals surface area contributed by atoms with Crippen molar-refractivity contribution in [2.75, 3.05) is 0 Å². The molecule has 1 aromatic heterocycles. The maximum absolute atomic E-state index is 11.6. The first-order valence-electron chi connectivity index (χ1n) is 5.34. The molecule has 18 heavy (non-hydrogen) atoms. The molecular formula is C13H13NO4. The number of ketones is 4. The van der Waals surface area contributed by atoms with Gasteiger partial charge < -0.3 is 0 Å². The largest absolute Gasteiger partial charge is 0.294 e. The first-order chi connectivity index (χ1) is 8.27. The van der Waals surface area contributed by atoms with Crippen LogP contribution >= 0.6 is 0 Å². The van der Waals surface area contributed by atoms with E-state index in [1.54, 1.807) is 0 Å². The average molecular weight is 247 g/mol. The van der Waals surface area contributed by atoms with Crippen LogP contribution in [0.1, 0.15) is 69.3 Å². The van der Waals surface area contributed by atoms with E-state index in [0.717, 1.165) is 0 Å². The third kappa shape index (κ3) is 2.40. The molecule has 0 N–H and O–H groups in total. The van der Waals surface area contributed by atoms with Crippen LogP contribution in [0.2, 0.25) is 0 Å². The summed E-state index contributed by atoms with van der Waals surface area (Å²) in [5.41, 5.74) is -0.0895. The Bertz CT molecular complexity index is 522. The number of hydrogen-bond donors (Lipinski definition) is 0. The fraction of sp³-hybridized carbons (Fsp3) is 0.308. The second-order valence-corrected chi connectivity index (χ2v) is 4.00. The molecule has 0 aliphatic carbocycles. The van der Waals surface area contributed by atoms with Crippen molar-refractivity contribution in [3.8, 4) is 0 Å². The van der Waals surface area contributed by atoms with Crippen molar-refractivity contribution in [2.24, 2.45) is 0 Å². The number of pyridine rings is 1. The standard InChI is InChI=1S/C13H13NO4/c1-6(15)10-5-14-13(9(4)18)12(8(3)17)11(10)7(2)16/h5H,1-4H3. The molecule has 0 saturated heterocycles. The summed E-state index contributed by atoms with van der Waals surface area (Å²) >= 11 is 0. The lowest BCUT2D eigenvalue weighted by molar-refractivity contribution is 0.0955. The zero-order chi connectivity index (χ0) is 14.0. The van der Waals surface area contributed by atoms with E-state index in [4.69, 9.17) is 0 Å². The lowest BCUT2D eigenvalue weighted by atomic mass is 9.93. The van der Waals surface area contributed by atoms with Crippen molar-refractivity contribution in [2.45, 2.75) is 27.7 Å². The molecule has 1 rings (SSSR count). The third-order valence-corrected chi connectivity index (χ3v) is 2.50. The van der Waals surface area contributed by atoms with Crippen LogP contribution < -0.4 is 0 Å². The molecule has 5 heteroatoms. The monoisotopic (exact) mass is 247 g/mol. The molecule has 94 valence electrons. The van der Waals surface area contributed by atoms with Gasteiger partial charge in [0.1, 0.15) is 5.69 Å². The first kappa shape index (κ1) is 13.9. The highest BCUT2D eigenvalue weighted by Gasteiger charge is 2.24. The molecule has 5 nitrogen and oxygen atoms in total. The summed E-state index contributed by atoms with van der Waals surface area (Å²) in [6, 6.07) is 0. The van der Waals surface area contributed by atoms with E-state index in [9.17, 15) is 19.2 Å². The van der Waals surface area contributed by atoms with Crippen LogP contribution in [-0.4, -0.2) is 28.1 Å². The molecule has 0 radical (unpaired) electrons. The van der Waals surface area contributed by atoms with E-state index in [0.29, 0.717) is 0 Å². The zero-order valence-electron chi connectivity index (χ0n) is 10.7. The van der Waals surface area contributed by atoms with E-state index in [1.165, 1.54) is 33.9 Å². The van der Waals surface area contributed by atoms with Crippen LogP contribution in [0.15, 0.2) is 6.20 Å². The molecule has 0 atom stereocenters. The number of Topliss-reactive ketones (excluding diaryl/α,β-unsaturated/α-hetero) is 4. The van der Waals surface area contributed by atoms with Gasteiger partial charge in [0.15, 0.2) is 23.1 Å². The second kappa shape index (κ2) is 5.00. The Kier molecular flexibility index (Phi) is 3.86. The lowest BCUT2D eigenvalue weighted by Gasteiger charge is -2.11. The van der Waals surface area contributed by atoms with E-state index < -0.39 is 17.3 Å². The Labute approximate surface area is 104 Å². The van der Waals surface area contributed by atoms with Gasteiger partial charge >= 0.3 is 0 Å². The minimum Gasteiger partial charge on any atom is -0.294 e. The molecule has 0 aliphatic heterocycles. The van der Waals surface area contributed by atoms with Gasteiger partial charge in [0, 0.05) is 24.2 Å². The summed E-state index contributed by atoms with van der Waals surface area (Å²) < 4.78 is 0.